The second-order valence-corrected chi connectivity index (χ2v) is 7.63. The average molecular weight is 430 g/mol. The number of halogens is 2. The molecule has 9 heteroatoms. The Morgan fingerprint density at radius 2 is 1.58 bits per heavy atom. The minimum absolute atomic E-state index is 0.0359. The van der Waals surface area contributed by atoms with E-state index in [9.17, 15) is 23.2 Å². The molecule has 2 aromatic carbocycles. The number of ether oxygens (including phenoxy) is 1. The quantitative estimate of drug-likeness (QED) is 0.735. The largest absolute Gasteiger partial charge is 0.481 e. The van der Waals surface area contributed by atoms with Gasteiger partial charge in [-0.2, -0.15) is 8.78 Å². The van der Waals surface area contributed by atoms with Crippen molar-refractivity contribution in [3.05, 3.63) is 59.7 Å². The van der Waals surface area contributed by atoms with Crippen molar-refractivity contribution in [1.29, 1.82) is 0 Å². The first-order chi connectivity index (χ1) is 14.8. The molecule has 4 rings (SSSR count). The van der Waals surface area contributed by atoms with Gasteiger partial charge in [-0.3, -0.25) is 9.59 Å². The van der Waals surface area contributed by atoms with Gasteiger partial charge >= 0.3 is 18.0 Å². The van der Waals surface area contributed by atoms with Crippen molar-refractivity contribution in [3.63, 3.8) is 0 Å². The molecule has 1 fully saturated rings. The van der Waals surface area contributed by atoms with Crippen LogP contribution in [0.15, 0.2) is 48.5 Å². The third-order valence-electron chi connectivity index (χ3n) is 5.63. The van der Waals surface area contributed by atoms with Crippen molar-refractivity contribution in [2.24, 2.45) is 5.92 Å². The Morgan fingerprint density at radius 3 is 2.13 bits per heavy atom. The van der Waals surface area contributed by atoms with Gasteiger partial charge in [0.25, 0.3) is 5.91 Å². The number of carboxylic acid groups (broad SMARTS) is 1. The summed E-state index contributed by atoms with van der Waals surface area (Å²) < 4.78 is 33.4. The van der Waals surface area contributed by atoms with Gasteiger partial charge < -0.3 is 20.1 Å². The maximum absolute atomic E-state index is 14.1. The van der Waals surface area contributed by atoms with Gasteiger partial charge in [0.1, 0.15) is 6.61 Å². The number of fused-ring (bicyclic) bond motifs is 3. The number of alkyl carbamates (subject to hydrolysis) is 1. The summed E-state index contributed by atoms with van der Waals surface area (Å²) in [5.74, 6) is -7.55. The van der Waals surface area contributed by atoms with Crippen molar-refractivity contribution in [3.8, 4) is 11.1 Å². The molecule has 0 radical (unpaired) electrons. The minimum atomic E-state index is -3.85. The van der Waals surface area contributed by atoms with Gasteiger partial charge in [-0.25, -0.2) is 4.79 Å². The van der Waals surface area contributed by atoms with Crippen molar-refractivity contribution < 1.29 is 33.0 Å². The van der Waals surface area contributed by atoms with Gasteiger partial charge in [0.05, 0.1) is 12.5 Å². The molecular formula is C22H20F2N2O5. The number of nitrogens with one attached hydrogen (secondary N) is 1. The molecule has 1 heterocycles. The van der Waals surface area contributed by atoms with E-state index in [0.717, 1.165) is 27.2 Å². The molecule has 2 N–H and O–H groups in total. The van der Waals surface area contributed by atoms with E-state index in [-0.39, 0.29) is 25.6 Å². The van der Waals surface area contributed by atoms with Gasteiger partial charge in [-0.15, -0.1) is 0 Å². The number of hydrogen-bond acceptors (Lipinski definition) is 4. The highest BCUT2D eigenvalue weighted by molar-refractivity contribution is 5.87. The number of likely N-dealkylation sites (tertiary alicyclic amines) is 1. The molecule has 7 nitrogen and oxygen atoms in total. The summed E-state index contributed by atoms with van der Waals surface area (Å²) in [6.07, 6.45) is -1.05. The summed E-state index contributed by atoms with van der Waals surface area (Å²) >= 11 is 0. The molecule has 0 saturated carbocycles. The first-order valence-electron chi connectivity index (χ1n) is 9.77. The monoisotopic (exact) mass is 430 g/mol. The van der Waals surface area contributed by atoms with Crippen LogP contribution in [0.2, 0.25) is 0 Å². The predicted molar refractivity (Wildman–Crippen MR) is 106 cm³/mol. The molecular weight excluding hydrogens is 410 g/mol. The Hall–Kier alpha value is -3.49. The van der Waals surface area contributed by atoms with Crippen molar-refractivity contribution >= 4 is 18.0 Å². The van der Waals surface area contributed by atoms with E-state index in [0.29, 0.717) is 0 Å². The van der Waals surface area contributed by atoms with E-state index in [1.165, 1.54) is 0 Å². The van der Waals surface area contributed by atoms with Gasteiger partial charge in [-0.1, -0.05) is 48.5 Å². The fourth-order valence-electron chi connectivity index (χ4n) is 3.94. The van der Waals surface area contributed by atoms with Crippen LogP contribution in [-0.4, -0.2) is 60.1 Å². The Kier molecular flexibility index (Phi) is 5.34. The third-order valence-corrected chi connectivity index (χ3v) is 5.63. The van der Waals surface area contributed by atoms with E-state index in [4.69, 9.17) is 9.84 Å². The fourth-order valence-corrected chi connectivity index (χ4v) is 3.94. The van der Waals surface area contributed by atoms with Gasteiger partial charge in [-0.05, 0) is 22.3 Å². The van der Waals surface area contributed by atoms with Crippen molar-refractivity contribution in [1.82, 2.24) is 10.2 Å². The van der Waals surface area contributed by atoms with Crippen LogP contribution in [0.1, 0.15) is 17.0 Å². The number of carbonyl (C=O) groups excluding carboxylic acids is 2. The molecule has 162 valence electrons. The van der Waals surface area contributed by atoms with Crippen molar-refractivity contribution in [2.45, 2.75) is 11.8 Å². The molecule has 2 aromatic rings. The second kappa shape index (κ2) is 7.98. The molecule has 0 atom stereocenters. The van der Waals surface area contributed by atoms with Gasteiger partial charge in [0.2, 0.25) is 0 Å². The Morgan fingerprint density at radius 1 is 1.03 bits per heavy atom. The van der Waals surface area contributed by atoms with E-state index in [1.807, 2.05) is 53.8 Å². The Balaban J connectivity index is 1.32. The van der Waals surface area contributed by atoms with Gasteiger partial charge in [0, 0.05) is 19.0 Å². The molecule has 2 aliphatic rings. The number of carboxylic acids is 1. The highest BCUT2D eigenvalue weighted by Crippen LogP contribution is 2.44. The maximum Gasteiger partial charge on any atom is 0.407 e. The SMILES string of the molecule is O=C(NCC(F)(F)C(=O)N1CC(C(=O)O)C1)OCC1c2ccccc2-c2ccccc21. The topological polar surface area (TPSA) is 95.9 Å². The highest BCUT2D eigenvalue weighted by atomic mass is 19.3. The molecule has 0 aromatic heterocycles. The number of hydrogen-bond donors (Lipinski definition) is 2. The molecule has 2 amide bonds. The lowest BCUT2D eigenvalue weighted by Gasteiger charge is -2.38. The molecule has 0 unspecified atom stereocenters. The first-order valence-corrected chi connectivity index (χ1v) is 9.77. The first kappa shape index (κ1) is 20.8. The van der Waals surface area contributed by atoms with E-state index in [2.05, 4.69) is 0 Å². The normalized spacial score (nSPS) is 15.6. The summed E-state index contributed by atoms with van der Waals surface area (Å²) in [5, 5.41) is 10.7. The fraction of sp³-hybridized carbons (Fsp3) is 0.318. The smallest absolute Gasteiger partial charge is 0.407 e. The van der Waals surface area contributed by atoms with Crippen LogP contribution in [0.3, 0.4) is 0 Å². The number of carbonyl (C=O) groups is 3. The highest BCUT2D eigenvalue weighted by Gasteiger charge is 2.47. The van der Waals surface area contributed by atoms with Crippen LogP contribution >= 0.6 is 0 Å². The third kappa shape index (κ3) is 3.95. The van der Waals surface area contributed by atoms with Gasteiger partial charge in [0.15, 0.2) is 0 Å². The van der Waals surface area contributed by atoms with Crippen LogP contribution in [0.25, 0.3) is 11.1 Å². The summed E-state index contributed by atoms with van der Waals surface area (Å²) in [5.41, 5.74) is 4.06. The number of aliphatic carboxylic acids is 1. The molecule has 0 bridgehead atoms. The van der Waals surface area contributed by atoms with E-state index < -0.39 is 36.4 Å². The predicted octanol–water partition coefficient (Wildman–Crippen LogP) is 2.70. The summed E-state index contributed by atoms with van der Waals surface area (Å²) in [4.78, 5) is 35.4. The number of benzene rings is 2. The Labute approximate surface area is 176 Å². The number of rotatable bonds is 6. The second-order valence-electron chi connectivity index (χ2n) is 7.63. The number of nitrogens with zero attached hydrogens (tertiary/aromatic N) is 1. The van der Waals surface area contributed by atoms with Crippen molar-refractivity contribution in [2.75, 3.05) is 26.2 Å². The number of alkyl halides is 2. The molecule has 1 saturated heterocycles. The lowest BCUT2D eigenvalue weighted by molar-refractivity contribution is -0.168. The average Bonchev–Trinajstić information content (AvgIpc) is 3.03. The number of amides is 2. The summed E-state index contributed by atoms with van der Waals surface area (Å²) in [7, 11) is 0. The molecule has 1 aliphatic heterocycles. The summed E-state index contributed by atoms with van der Waals surface area (Å²) in [6.45, 7) is -1.80. The lowest BCUT2D eigenvalue weighted by atomic mass is 9.98. The zero-order valence-corrected chi connectivity index (χ0v) is 16.4. The van der Waals surface area contributed by atoms with Crippen LogP contribution in [0.5, 0.6) is 0 Å². The lowest BCUT2D eigenvalue weighted by Crippen LogP contribution is -2.59. The van der Waals surface area contributed by atoms with Crippen LogP contribution in [0, 0.1) is 5.92 Å². The van der Waals surface area contributed by atoms with Crippen LogP contribution in [0.4, 0.5) is 13.6 Å². The molecule has 0 spiro atoms. The standard InChI is InChI=1S/C22H20F2N2O5/c23-22(24,20(29)26-9-13(10-26)19(27)28)12-25-21(30)31-11-18-16-7-3-1-5-14(16)15-6-2-4-8-17(15)18/h1-8,13,18H,9-12H2,(H,25,30)(H,27,28). The van der Waals surface area contributed by atoms with Crippen LogP contribution < -0.4 is 5.32 Å². The van der Waals surface area contributed by atoms with E-state index >= 15 is 0 Å². The zero-order chi connectivity index (χ0) is 22.2. The minimum Gasteiger partial charge on any atom is -0.481 e. The molecule has 31 heavy (non-hydrogen) atoms. The summed E-state index contributed by atoms with van der Waals surface area (Å²) in [6, 6.07) is 15.4. The zero-order valence-electron chi connectivity index (χ0n) is 16.4. The Bertz CT molecular complexity index is 991. The van der Waals surface area contributed by atoms with Crippen LogP contribution in [-0.2, 0) is 14.3 Å². The molecule has 1 aliphatic carbocycles. The maximum atomic E-state index is 14.1. The van der Waals surface area contributed by atoms with E-state index in [1.54, 1.807) is 0 Å².